The van der Waals surface area contributed by atoms with Gasteiger partial charge in [-0.1, -0.05) is 35.9 Å². The summed E-state index contributed by atoms with van der Waals surface area (Å²) in [7, 11) is 0. The average Bonchev–Trinajstić information content (AvgIpc) is 2.67. The van der Waals surface area contributed by atoms with E-state index in [0.717, 1.165) is 22.8 Å². The Bertz CT molecular complexity index is 953. The van der Waals surface area contributed by atoms with Crippen molar-refractivity contribution < 1.29 is 4.79 Å². The molecule has 0 radical (unpaired) electrons. The monoisotopic (exact) mass is 375 g/mol. The van der Waals surface area contributed by atoms with Gasteiger partial charge < -0.3 is 16.0 Å². The van der Waals surface area contributed by atoms with Gasteiger partial charge in [0.2, 0.25) is 5.95 Å². The number of aromatic nitrogens is 2. The summed E-state index contributed by atoms with van der Waals surface area (Å²) in [6, 6.07) is 17.6. The normalized spacial score (nSPS) is 10.4. The summed E-state index contributed by atoms with van der Waals surface area (Å²) in [5, 5.41) is 9.36. The Morgan fingerprint density at radius 2 is 1.68 bits per heavy atom. The van der Waals surface area contributed by atoms with Gasteiger partial charge in [0, 0.05) is 36.1 Å². The van der Waals surface area contributed by atoms with Gasteiger partial charge in [-0.05, 0) is 44.5 Å². The number of carbonyl (C=O) groups excluding carboxylic acids is 1. The van der Waals surface area contributed by atoms with Crippen molar-refractivity contribution in [2.45, 2.75) is 20.8 Å². The number of benzene rings is 2. The number of hydrogen-bond donors (Lipinski definition) is 3. The minimum absolute atomic E-state index is 0.0770. The molecule has 1 aromatic heterocycles. The Morgan fingerprint density at radius 3 is 2.43 bits per heavy atom. The van der Waals surface area contributed by atoms with Crippen molar-refractivity contribution in [2.24, 2.45) is 0 Å². The van der Waals surface area contributed by atoms with Crippen LogP contribution in [0.2, 0.25) is 0 Å². The molecule has 6 heteroatoms. The largest absolute Gasteiger partial charge is 0.352 e. The van der Waals surface area contributed by atoms with Gasteiger partial charge in [0.25, 0.3) is 5.91 Å². The van der Waals surface area contributed by atoms with Crippen molar-refractivity contribution in [1.29, 1.82) is 0 Å². The van der Waals surface area contributed by atoms with Crippen molar-refractivity contribution in [1.82, 2.24) is 15.3 Å². The third-order valence-electron chi connectivity index (χ3n) is 4.26. The average molecular weight is 375 g/mol. The van der Waals surface area contributed by atoms with E-state index in [1.807, 2.05) is 68.4 Å². The molecular weight excluding hydrogens is 350 g/mol. The van der Waals surface area contributed by atoms with Crippen LogP contribution in [0, 0.1) is 20.8 Å². The molecule has 3 aromatic rings. The standard InChI is InChI=1S/C22H25N5O/c1-15-8-10-18(11-9-15)26-20-14-17(3)25-22(27-20)24-13-12-23-21(28)19-7-5-4-6-16(19)2/h4-11,14H,12-13H2,1-3H3,(H,23,28)(H2,24,25,26,27). The van der Waals surface area contributed by atoms with Crippen LogP contribution in [0.5, 0.6) is 0 Å². The number of hydrogen-bond acceptors (Lipinski definition) is 5. The predicted octanol–water partition coefficient (Wildman–Crippen LogP) is 3.99. The Kier molecular flexibility index (Phi) is 6.22. The molecule has 3 N–H and O–H groups in total. The second-order valence-corrected chi connectivity index (χ2v) is 6.71. The molecule has 0 atom stereocenters. The molecule has 0 bridgehead atoms. The van der Waals surface area contributed by atoms with Crippen molar-refractivity contribution in [3.05, 3.63) is 77.0 Å². The Labute approximate surface area is 165 Å². The molecule has 0 aliphatic rings. The third-order valence-corrected chi connectivity index (χ3v) is 4.26. The quantitative estimate of drug-likeness (QED) is 0.544. The predicted molar refractivity (Wildman–Crippen MR) is 113 cm³/mol. The van der Waals surface area contributed by atoms with Crippen LogP contribution in [0.25, 0.3) is 0 Å². The summed E-state index contributed by atoms with van der Waals surface area (Å²) >= 11 is 0. The number of rotatable bonds is 7. The molecule has 0 aliphatic heterocycles. The summed E-state index contributed by atoms with van der Waals surface area (Å²) in [6.07, 6.45) is 0. The fourth-order valence-corrected chi connectivity index (χ4v) is 2.77. The number of anilines is 3. The highest BCUT2D eigenvalue weighted by molar-refractivity contribution is 5.95. The zero-order valence-electron chi connectivity index (χ0n) is 16.4. The van der Waals surface area contributed by atoms with Crippen LogP contribution < -0.4 is 16.0 Å². The SMILES string of the molecule is Cc1ccc(Nc2cc(C)nc(NCCNC(=O)c3ccccc3C)n2)cc1. The van der Waals surface area contributed by atoms with Crippen LogP contribution in [0.1, 0.15) is 27.2 Å². The number of carbonyl (C=O) groups is 1. The maximum atomic E-state index is 12.2. The number of nitrogens with one attached hydrogen (secondary N) is 3. The molecular formula is C22H25N5O. The molecule has 144 valence electrons. The van der Waals surface area contributed by atoms with Crippen LogP contribution in [0.4, 0.5) is 17.5 Å². The maximum Gasteiger partial charge on any atom is 0.251 e. The van der Waals surface area contributed by atoms with Gasteiger partial charge in [-0.15, -0.1) is 0 Å². The van der Waals surface area contributed by atoms with E-state index in [1.54, 1.807) is 0 Å². The van der Waals surface area contributed by atoms with Gasteiger partial charge in [-0.2, -0.15) is 4.98 Å². The molecule has 28 heavy (non-hydrogen) atoms. The molecule has 0 saturated carbocycles. The lowest BCUT2D eigenvalue weighted by Crippen LogP contribution is -2.29. The Hall–Kier alpha value is -3.41. The first-order valence-electron chi connectivity index (χ1n) is 9.28. The topological polar surface area (TPSA) is 78.9 Å². The smallest absolute Gasteiger partial charge is 0.251 e. The number of aryl methyl sites for hydroxylation is 3. The lowest BCUT2D eigenvalue weighted by atomic mass is 10.1. The fraction of sp³-hybridized carbons (Fsp3) is 0.227. The van der Waals surface area contributed by atoms with Crippen LogP contribution >= 0.6 is 0 Å². The summed E-state index contributed by atoms with van der Waals surface area (Å²) < 4.78 is 0. The third kappa shape index (κ3) is 5.30. The number of nitrogens with zero attached hydrogens (tertiary/aromatic N) is 2. The minimum Gasteiger partial charge on any atom is -0.352 e. The maximum absolute atomic E-state index is 12.2. The Balaban J connectivity index is 1.54. The van der Waals surface area contributed by atoms with E-state index in [-0.39, 0.29) is 5.91 Å². The second kappa shape index (κ2) is 8.99. The van der Waals surface area contributed by atoms with Crippen LogP contribution in [0.15, 0.2) is 54.6 Å². The first-order chi connectivity index (χ1) is 13.5. The van der Waals surface area contributed by atoms with Crippen LogP contribution in [0.3, 0.4) is 0 Å². The van der Waals surface area contributed by atoms with Gasteiger partial charge in [0.15, 0.2) is 0 Å². The fourth-order valence-electron chi connectivity index (χ4n) is 2.77. The number of amides is 1. The van der Waals surface area contributed by atoms with E-state index in [4.69, 9.17) is 0 Å². The molecule has 0 aliphatic carbocycles. The zero-order chi connectivity index (χ0) is 19.9. The summed E-state index contributed by atoms with van der Waals surface area (Å²) in [5.41, 5.74) is 4.69. The van der Waals surface area contributed by atoms with Crippen molar-refractivity contribution in [3.63, 3.8) is 0 Å². The molecule has 0 spiro atoms. The zero-order valence-corrected chi connectivity index (χ0v) is 16.4. The van der Waals surface area contributed by atoms with Gasteiger partial charge >= 0.3 is 0 Å². The minimum atomic E-state index is -0.0770. The van der Waals surface area contributed by atoms with E-state index < -0.39 is 0 Å². The summed E-state index contributed by atoms with van der Waals surface area (Å²) in [6.45, 7) is 6.91. The molecule has 1 heterocycles. The van der Waals surface area contributed by atoms with Gasteiger partial charge in [-0.25, -0.2) is 4.98 Å². The lowest BCUT2D eigenvalue weighted by molar-refractivity contribution is 0.0954. The van der Waals surface area contributed by atoms with Crippen molar-refractivity contribution >= 4 is 23.4 Å². The summed E-state index contributed by atoms with van der Waals surface area (Å²) in [4.78, 5) is 21.1. The van der Waals surface area contributed by atoms with Gasteiger partial charge in [0.05, 0.1) is 0 Å². The lowest BCUT2D eigenvalue weighted by Gasteiger charge is -2.11. The van der Waals surface area contributed by atoms with E-state index in [1.165, 1.54) is 5.56 Å². The molecule has 2 aromatic carbocycles. The van der Waals surface area contributed by atoms with E-state index >= 15 is 0 Å². The van der Waals surface area contributed by atoms with Gasteiger partial charge in [-0.3, -0.25) is 4.79 Å². The summed E-state index contributed by atoms with van der Waals surface area (Å²) in [5.74, 6) is 1.18. The highest BCUT2D eigenvalue weighted by Crippen LogP contribution is 2.17. The molecule has 6 nitrogen and oxygen atoms in total. The second-order valence-electron chi connectivity index (χ2n) is 6.71. The Morgan fingerprint density at radius 1 is 0.929 bits per heavy atom. The van der Waals surface area contributed by atoms with Crippen molar-refractivity contribution in [3.8, 4) is 0 Å². The molecule has 0 saturated heterocycles. The molecule has 1 amide bonds. The van der Waals surface area contributed by atoms with E-state index in [0.29, 0.717) is 24.6 Å². The highest BCUT2D eigenvalue weighted by atomic mass is 16.1. The highest BCUT2D eigenvalue weighted by Gasteiger charge is 2.07. The van der Waals surface area contributed by atoms with Crippen molar-refractivity contribution in [2.75, 3.05) is 23.7 Å². The van der Waals surface area contributed by atoms with Gasteiger partial charge in [0.1, 0.15) is 5.82 Å². The molecule has 3 rings (SSSR count). The first kappa shape index (κ1) is 19.4. The molecule has 0 fully saturated rings. The van der Waals surface area contributed by atoms with E-state index in [9.17, 15) is 4.79 Å². The van der Waals surface area contributed by atoms with Crippen LogP contribution in [-0.2, 0) is 0 Å². The molecule has 0 unspecified atom stereocenters. The first-order valence-corrected chi connectivity index (χ1v) is 9.28. The van der Waals surface area contributed by atoms with E-state index in [2.05, 4.69) is 32.8 Å². The van der Waals surface area contributed by atoms with Crippen LogP contribution in [-0.4, -0.2) is 29.0 Å².